The second-order valence-corrected chi connectivity index (χ2v) is 4.70. The van der Waals surface area contributed by atoms with Gasteiger partial charge in [-0.05, 0) is 12.1 Å². The second kappa shape index (κ2) is 4.58. The molecule has 2 N–H and O–H groups in total. The molecular weight excluding hydrogens is 263 g/mol. The molecule has 0 bridgehead atoms. The zero-order valence-corrected chi connectivity index (χ0v) is 9.23. The lowest BCUT2D eigenvalue weighted by Crippen LogP contribution is -2.18. The number of halogens is 2. The Morgan fingerprint density at radius 1 is 1.50 bits per heavy atom. The van der Waals surface area contributed by atoms with Crippen LogP contribution in [0.15, 0.2) is 12.1 Å². The van der Waals surface area contributed by atoms with Crippen LogP contribution in [0.3, 0.4) is 0 Å². The Morgan fingerprint density at radius 3 is 2.58 bits per heavy atom. The molecular formula is C7H8BrClO2S. The first-order chi connectivity index (χ1) is 5.65. The summed E-state index contributed by atoms with van der Waals surface area (Å²) in [4.78, 5) is 0.687. The Bertz CT molecular complexity index is 253. The minimum Gasteiger partial charge on any atom is -0.389 e. The molecule has 5 heteroatoms. The average molecular weight is 272 g/mol. The van der Waals surface area contributed by atoms with Gasteiger partial charge in [-0.1, -0.05) is 27.5 Å². The fraction of sp³-hybridized carbons (Fsp3) is 0.429. The summed E-state index contributed by atoms with van der Waals surface area (Å²) in [6.45, 7) is 0. The van der Waals surface area contributed by atoms with Crippen LogP contribution in [0.25, 0.3) is 0 Å². The highest BCUT2D eigenvalue weighted by molar-refractivity contribution is 9.09. The van der Waals surface area contributed by atoms with Crippen LogP contribution >= 0.6 is 38.9 Å². The van der Waals surface area contributed by atoms with Crippen molar-refractivity contribution in [2.45, 2.75) is 12.2 Å². The van der Waals surface area contributed by atoms with E-state index in [9.17, 15) is 10.2 Å². The van der Waals surface area contributed by atoms with Crippen molar-refractivity contribution in [3.05, 3.63) is 21.3 Å². The zero-order valence-electron chi connectivity index (χ0n) is 6.08. The van der Waals surface area contributed by atoms with Gasteiger partial charge in [0.25, 0.3) is 0 Å². The van der Waals surface area contributed by atoms with Gasteiger partial charge in [0.05, 0.1) is 10.4 Å². The molecule has 2 unspecified atom stereocenters. The molecule has 0 aromatic carbocycles. The van der Waals surface area contributed by atoms with E-state index in [0.29, 0.717) is 14.5 Å². The first-order valence-corrected chi connectivity index (χ1v) is 5.64. The molecule has 1 aromatic rings. The Hall–Kier alpha value is 0.390. The van der Waals surface area contributed by atoms with Crippen LogP contribution in [0.2, 0.25) is 4.34 Å². The highest BCUT2D eigenvalue weighted by Gasteiger charge is 2.18. The third kappa shape index (κ3) is 2.44. The van der Waals surface area contributed by atoms with Crippen LogP contribution < -0.4 is 0 Å². The molecule has 1 aromatic heterocycles. The third-order valence-electron chi connectivity index (χ3n) is 1.41. The quantitative estimate of drug-likeness (QED) is 0.828. The van der Waals surface area contributed by atoms with E-state index in [2.05, 4.69) is 15.9 Å². The standard InChI is InChI=1S/C7H8BrClO2S/c8-3-4(10)7(11)5-1-2-6(9)12-5/h1-2,4,7,10-11H,3H2. The third-order valence-corrected chi connectivity index (χ3v) is 3.37. The maximum absolute atomic E-state index is 9.47. The molecule has 1 rings (SSSR count). The zero-order chi connectivity index (χ0) is 9.14. The topological polar surface area (TPSA) is 40.5 Å². The minimum atomic E-state index is -0.845. The average Bonchev–Trinajstić information content (AvgIpc) is 2.49. The van der Waals surface area contributed by atoms with E-state index in [4.69, 9.17) is 11.6 Å². The predicted octanol–water partition coefficient (Wildman–Crippen LogP) is 2.19. The van der Waals surface area contributed by atoms with Gasteiger partial charge < -0.3 is 10.2 Å². The Labute approximate surface area is 87.9 Å². The van der Waals surface area contributed by atoms with Crippen molar-refractivity contribution >= 4 is 38.9 Å². The van der Waals surface area contributed by atoms with Crippen LogP contribution in [-0.2, 0) is 0 Å². The molecule has 0 aliphatic rings. The summed E-state index contributed by atoms with van der Waals surface area (Å²) in [7, 11) is 0. The van der Waals surface area contributed by atoms with Gasteiger partial charge in [0.1, 0.15) is 6.10 Å². The first kappa shape index (κ1) is 10.5. The minimum absolute atomic E-state index is 0.351. The van der Waals surface area contributed by atoms with Crippen LogP contribution in [0.4, 0.5) is 0 Å². The summed E-state index contributed by atoms with van der Waals surface area (Å²) < 4.78 is 0.617. The Kier molecular flexibility index (Phi) is 3.99. The van der Waals surface area contributed by atoms with Gasteiger partial charge in [-0.3, -0.25) is 0 Å². The molecule has 0 fully saturated rings. The summed E-state index contributed by atoms with van der Waals surface area (Å²) in [6, 6.07) is 3.41. The van der Waals surface area contributed by atoms with E-state index in [0.717, 1.165) is 0 Å². The number of alkyl halides is 1. The number of rotatable bonds is 3. The molecule has 0 aliphatic carbocycles. The van der Waals surface area contributed by atoms with Crippen LogP contribution in [0.5, 0.6) is 0 Å². The lowest BCUT2D eigenvalue weighted by Gasteiger charge is -2.12. The van der Waals surface area contributed by atoms with Gasteiger partial charge in [-0.15, -0.1) is 11.3 Å². The Morgan fingerprint density at radius 2 is 2.17 bits per heavy atom. The molecule has 12 heavy (non-hydrogen) atoms. The number of hydrogen-bond acceptors (Lipinski definition) is 3. The fourth-order valence-electron chi connectivity index (χ4n) is 0.761. The van der Waals surface area contributed by atoms with Crippen molar-refractivity contribution in [2.75, 3.05) is 5.33 Å². The molecule has 0 spiro atoms. The molecule has 0 saturated carbocycles. The molecule has 2 atom stereocenters. The van der Waals surface area contributed by atoms with Crippen molar-refractivity contribution in [1.82, 2.24) is 0 Å². The normalized spacial score (nSPS) is 16.0. The first-order valence-electron chi connectivity index (χ1n) is 3.32. The van der Waals surface area contributed by atoms with Crippen LogP contribution in [0.1, 0.15) is 11.0 Å². The van der Waals surface area contributed by atoms with E-state index in [1.165, 1.54) is 11.3 Å². The highest BCUT2D eigenvalue weighted by Crippen LogP contribution is 2.28. The maximum Gasteiger partial charge on any atom is 0.115 e. The second-order valence-electron chi connectivity index (χ2n) is 2.31. The van der Waals surface area contributed by atoms with Crippen molar-refractivity contribution in [3.8, 4) is 0 Å². The summed E-state index contributed by atoms with van der Waals surface area (Å²) in [5, 5.41) is 19.1. The van der Waals surface area contributed by atoms with E-state index in [1.54, 1.807) is 12.1 Å². The van der Waals surface area contributed by atoms with Crippen LogP contribution in [0, 0.1) is 0 Å². The monoisotopic (exact) mass is 270 g/mol. The molecule has 0 amide bonds. The number of aliphatic hydroxyl groups excluding tert-OH is 2. The SMILES string of the molecule is OC(CBr)C(O)c1ccc(Cl)s1. The summed E-state index contributed by atoms with van der Waals surface area (Å²) >= 11 is 10.0. The van der Waals surface area contributed by atoms with E-state index >= 15 is 0 Å². The van der Waals surface area contributed by atoms with Gasteiger partial charge in [-0.2, -0.15) is 0 Å². The molecule has 0 aliphatic heterocycles. The van der Waals surface area contributed by atoms with Crippen molar-refractivity contribution < 1.29 is 10.2 Å². The van der Waals surface area contributed by atoms with Gasteiger partial charge in [-0.25, -0.2) is 0 Å². The molecule has 0 saturated heterocycles. The van der Waals surface area contributed by atoms with Gasteiger partial charge >= 0.3 is 0 Å². The fourth-order valence-corrected chi connectivity index (χ4v) is 2.22. The van der Waals surface area contributed by atoms with E-state index in [-0.39, 0.29) is 0 Å². The van der Waals surface area contributed by atoms with Gasteiger partial charge in [0.2, 0.25) is 0 Å². The maximum atomic E-state index is 9.47. The number of hydrogen-bond donors (Lipinski definition) is 2. The van der Waals surface area contributed by atoms with Crippen molar-refractivity contribution in [3.63, 3.8) is 0 Å². The molecule has 1 heterocycles. The number of thiophene rings is 1. The predicted molar refractivity (Wildman–Crippen MR) is 54.1 cm³/mol. The molecule has 2 nitrogen and oxygen atoms in total. The largest absolute Gasteiger partial charge is 0.389 e. The van der Waals surface area contributed by atoms with E-state index in [1.807, 2.05) is 0 Å². The van der Waals surface area contributed by atoms with Gasteiger partial charge in [0.15, 0.2) is 0 Å². The van der Waals surface area contributed by atoms with Crippen molar-refractivity contribution in [2.24, 2.45) is 0 Å². The lowest BCUT2D eigenvalue weighted by atomic mass is 10.2. The molecule has 68 valence electrons. The molecule has 0 radical (unpaired) electrons. The number of aliphatic hydroxyl groups is 2. The van der Waals surface area contributed by atoms with Crippen LogP contribution in [-0.4, -0.2) is 21.6 Å². The lowest BCUT2D eigenvalue weighted by molar-refractivity contribution is 0.0366. The summed E-state index contributed by atoms with van der Waals surface area (Å²) in [5.74, 6) is 0. The van der Waals surface area contributed by atoms with Gasteiger partial charge in [0, 0.05) is 10.2 Å². The van der Waals surface area contributed by atoms with Crippen molar-refractivity contribution in [1.29, 1.82) is 0 Å². The smallest absolute Gasteiger partial charge is 0.115 e. The van der Waals surface area contributed by atoms with E-state index < -0.39 is 12.2 Å². The highest BCUT2D eigenvalue weighted by atomic mass is 79.9. The Balaban J connectivity index is 2.70. The summed E-state index contributed by atoms with van der Waals surface area (Å²) in [5.41, 5.74) is 0. The summed E-state index contributed by atoms with van der Waals surface area (Å²) in [6.07, 6.45) is -1.62.